The van der Waals surface area contributed by atoms with Crippen LogP contribution in [0.3, 0.4) is 0 Å². The molecule has 1 aromatic carbocycles. The number of hydrogen-bond donors (Lipinski definition) is 3. The third-order valence-electron chi connectivity index (χ3n) is 5.09. The largest absolute Gasteiger partial charge is 0.358 e. The summed E-state index contributed by atoms with van der Waals surface area (Å²) in [7, 11) is 3.52. The number of carbonyl (C=O) groups excluding carboxylic acids is 1. The third-order valence-corrected chi connectivity index (χ3v) is 5.09. The first-order chi connectivity index (χ1) is 13.1. The van der Waals surface area contributed by atoms with Crippen LogP contribution in [-0.4, -0.2) is 55.0 Å². The smallest absolute Gasteiger partial charge is 0.243 e. The normalized spacial score (nSPS) is 15.7. The summed E-state index contributed by atoms with van der Waals surface area (Å²) in [4.78, 5) is 21.4. The van der Waals surface area contributed by atoms with Gasteiger partial charge in [-0.1, -0.05) is 37.5 Å². The van der Waals surface area contributed by atoms with Gasteiger partial charge in [-0.2, -0.15) is 0 Å². The highest BCUT2D eigenvalue weighted by Crippen LogP contribution is 2.17. The molecule has 1 heterocycles. The van der Waals surface area contributed by atoms with Gasteiger partial charge in [0.15, 0.2) is 5.96 Å². The van der Waals surface area contributed by atoms with Crippen molar-refractivity contribution < 1.29 is 4.79 Å². The zero-order chi connectivity index (χ0) is 19.1. The van der Waals surface area contributed by atoms with Gasteiger partial charge < -0.3 is 20.5 Å². The molecule has 2 aromatic rings. The summed E-state index contributed by atoms with van der Waals surface area (Å²) in [6, 6.07) is 11.0. The number of benzene rings is 1. The van der Waals surface area contributed by atoms with Crippen molar-refractivity contribution in [2.75, 3.05) is 27.2 Å². The Bertz CT molecular complexity index is 741. The molecule has 0 atom stereocenters. The fourth-order valence-electron chi connectivity index (χ4n) is 3.46. The number of aromatic amines is 1. The number of guanidine groups is 1. The molecule has 0 radical (unpaired) electrons. The van der Waals surface area contributed by atoms with Crippen LogP contribution in [0.2, 0.25) is 0 Å². The van der Waals surface area contributed by atoms with E-state index >= 15 is 0 Å². The van der Waals surface area contributed by atoms with Gasteiger partial charge in [-0.3, -0.25) is 4.79 Å². The Balaban J connectivity index is 1.57. The van der Waals surface area contributed by atoms with Crippen LogP contribution in [-0.2, 0) is 11.2 Å². The number of H-pyrrole nitrogens is 1. The maximum Gasteiger partial charge on any atom is 0.243 e. The molecule has 1 aliphatic carbocycles. The second kappa shape index (κ2) is 9.44. The summed E-state index contributed by atoms with van der Waals surface area (Å²) in [6.07, 6.45) is 7.06. The second-order valence-corrected chi connectivity index (χ2v) is 7.49. The van der Waals surface area contributed by atoms with Gasteiger partial charge in [-0.05, 0) is 30.4 Å². The van der Waals surface area contributed by atoms with Gasteiger partial charge in [0.1, 0.15) is 6.54 Å². The molecule has 1 aliphatic rings. The van der Waals surface area contributed by atoms with Crippen LogP contribution in [0, 0.1) is 0 Å². The Morgan fingerprint density at radius 3 is 2.74 bits per heavy atom. The number of carbonyl (C=O) groups is 1. The minimum absolute atomic E-state index is 0.00959. The van der Waals surface area contributed by atoms with E-state index in [1.807, 2.05) is 6.07 Å². The van der Waals surface area contributed by atoms with Gasteiger partial charge >= 0.3 is 0 Å². The van der Waals surface area contributed by atoms with Gasteiger partial charge in [0.05, 0.1) is 0 Å². The van der Waals surface area contributed by atoms with E-state index in [-0.39, 0.29) is 12.5 Å². The lowest BCUT2D eigenvalue weighted by atomic mass is 9.96. The number of amides is 1. The number of aromatic nitrogens is 1. The van der Waals surface area contributed by atoms with E-state index in [1.54, 1.807) is 19.0 Å². The van der Waals surface area contributed by atoms with E-state index in [2.05, 4.69) is 44.9 Å². The minimum Gasteiger partial charge on any atom is -0.358 e. The molecule has 146 valence electrons. The molecule has 1 saturated carbocycles. The van der Waals surface area contributed by atoms with E-state index in [4.69, 9.17) is 0 Å². The molecular formula is C21H31N5O. The van der Waals surface area contributed by atoms with E-state index in [1.165, 1.54) is 48.7 Å². The van der Waals surface area contributed by atoms with Gasteiger partial charge in [-0.15, -0.1) is 0 Å². The lowest BCUT2D eigenvalue weighted by Gasteiger charge is -2.25. The Labute approximate surface area is 161 Å². The summed E-state index contributed by atoms with van der Waals surface area (Å²) < 4.78 is 0. The van der Waals surface area contributed by atoms with Crippen LogP contribution in [0.25, 0.3) is 10.9 Å². The molecule has 0 aliphatic heterocycles. The maximum atomic E-state index is 11.9. The van der Waals surface area contributed by atoms with Crippen LogP contribution >= 0.6 is 0 Å². The Morgan fingerprint density at radius 2 is 2.00 bits per heavy atom. The standard InChI is InChI=1S/C21H31N5O/c1-26(2)20(27)15-23-21(25-17-9-4-3-5-10-17)22-13-12-18-14-16-8-6-7-11-19(16)24-18/h6-8,11,14,17,24H,3-5,9-10,12-13,15H2,1-2H3,(H2,22,23,25). The third kappa shape index (κ3) is 5.74. The van der Waals surface area contributed by atoms with Crippen molar-refractivity contribution in [2.45, 2.75) is 44.6 Å². The SMILES string of the molecule is CN(C)C(=O)CN=C(NCCc1cc2ccccc2[nH]1)NC1CCCCC1. The first-order valence-corrected chi connectivity index (χ1v) is 9.93. The van der Waals surface area contributed by atoms with Crippen LogP contribution in [0.15, 0.2) is 35.3 Å². The number of fused-ring (bicyclic) bond motifs is 1. The van der Waals surface area contributed by atoms with Crippen molar-refractivity contribution in [3.05, 3.63) is 36.0 Å². The van der Waals surface area contributed by atoms with Crippen molar-refractivity contribution in [1.82, 2.24) is 20.5 Å². The Morgan fingerprint density at radius 1 is 1.22 bits per heavy atom. The lowest BCUT2D eigenvalue weighted by Crippen LogP contribution is -2.45. The summed E-state index contributed by atoms with van der Waals surface area (Å²) in [5.41, 5.74) is 2.36. The topological polar surface area (TPSA) is 72.5 Å². The first kappa shape index (κ1) is 19.3. The van der Waals surface area contributed by atoms with Crippen molar-refractivity contribution >= 4 is 22.8 Å². The average molecular weight is 370 g/mol. The van der Waals surface area contributed by atoms with Gasteiger partial charge in [0.25, 0.3) is 0 Å². The molecule has 6 nitrogen and oxygen atoms in total. The summed E-state index contributed by atoms with van der Waals surface area (Å²) in [5, 5.41) is 8.16. The van der Waals surface area contributed by atoms with Crippen LogP contribution < -0.4 is 10.6 Å². The molecular weight excluding hydrogens is 338 g/mol. The number of aliphatic imine (C=N–C) groups is 1. The predicted molar refractivity (Wildman–Crippen MR) is 111 cm³/mol. The molecule has 0 bridgehead atoms. The quantitative estimate of drug-likeness (QED) is 0.541. The van der Waals surface area contributed by atoms with E-state index < -0.39 is 0 Å². The van der Waals surface area contributed by atoms with Crippen molar-refractivity contribution in [1.29, 1.82) is 0 Å². The van der Waals surface area contributed by atoms with Crippen molar-refractivity contribution in [3.8, 4) is 0 Å². The van der Waals surface area contributed by atoms with E-state index in [0.29, 0.717) is 6.04 Å². The number of nitrogens with one attached hydrogen (secondary N) is 3. The highest BCUT2D eigenvalue weighted by molar-refractivity contribution is 5.85. The van der Waals surface area contributed by atoms with Gasteiger partial charge in [-0.25, -0.2) is 4.99 Å². The number of nitrogens with zero attached hydrogens (tertiary/aromatic N) is 2. The lowest BCUT2D eigenvalue weighted by molar-refractivity contribution is -0.127. The summed E-state index contributed by atoms with van der Waals surface area (Å²) in [5.74, 6) is 0.753. The monoisotopic (exact) mass is 369 g/mol. The van der Waals surface area contributed by atoms with E-state index in [9.17, 15) is 4.79 Å². The van der Waals surface area contributed by atoms with E-state index in [0.717, 1.165) is 18.9 Å². The average Bonchev–Trinajstić information content (AvgIpc) is 3.09. The fraction of sp³-hybridized carbons (Fsp3) is 0.524. The molecule has 3 N–H and O–H groups in total. The summed E-state index contributed by atoms with van der Waals surface area (Å²) >= 11 is 0. The van der Waals surface area contributed by atoms with Gasteiger partial charge in [0, 0.05) is 44.3 Å². The zero-order valence-corrected chi connectivity index (χ0v) is 16.4. The second-order valence-electron chi connectivity index (χ2n) is 7.49. The minimum atomic E-state index is 0.00959. The van der Waals surface area contributed by atoms with Crippen molar-refractivity contribution in [2.24, 2.45) is 4.99 Å². The van der Waals surface area contributed by atoms with Crippen LogP contribution in [0.5, 0.6) is 0 Å². The number of para-hydroxylation sites is 1. The highest BCUT2D eigenvalue weighted by atomic mass is 16.2. The molecule has 0 unspecified atom stereocenters. The molecule has 1 fully saturated rings. The number of hydrogen-bond acceptors (Lipinski definition) is 2. The highest BCUT2D eigenvalue weighted by Gasteiger charge is 2.15. The van der Waals surface area contributed by atoms with Gasteiger partial charge in [0.2, 0.25) is 5.91 Å². The molecule has 0 spiro atoms. The predicted octanol–water partition coefficient (Wildman–Crippen LogP) is 2.67. The molecule has 3 rings (SSSR count). The maximum absolute atomic E-state index is 11.9. The fourth-order valence-corrected chi connectivity index (χ4v) is 3.46. The summed E-state index contributed by atoms with van der Waals surface area (Å²) in [6.45, 7) is 0.934. The molecule has 1 amide bonds. The first-order valence-electron chi connectivity index (χ1n) is 9.93. The zero-order valence-electron chi connectivity index (χ0n) is 16.4. The molecule has 27 heavy (non-hydrogen) atoms. The molecule has 6 heteroatoms. The molecule has 1 aromatic heterocycles. The Kier molecular flexibility index (Phi) is 6.74. The van der Waals surface area contributed by atoms with Crippen LogP contribution in [0.1, 0.15) is 37.8 Å². The van der Waals surface area contributed by atoms with Crippen molar-refractivity contribution in [3.63, 3.8) is 0 Å². The molecule has 0 saturated heterocycles. The van der Waals surface area contributed by atoms with Crippen LogP contribution in [0.4, 0.5) is 0 Å². The number of likely N-dealkylation sites (N-methyl/N-ethyl adjacent to an activating group) is 1. The Hall–Kier alpha value is -2.50. The number of rotatable bonds is 6.